The molecule has 0 aromatic carbocycles. The highest BCUT2D eigenvalue weighted by Crippen LogP contribution is 2.23. The topological polar surface area (TPSA) is 69.4 Å². The van der Waals surface area contributed by atoms with Gasteiger partial charge < -0.3 is 4.74 Å². The summed E-state index contributed by atoms with van der Waals surface area (Å²) in [5.74, 6) is -1.03. The Morgan fingerprint density at radius 2 is 2.50 bits per heavy atom. The smallest absolute Gasteiger partial charge is 0.382 e. The van der Waals surface area contributed by atoms with Gasteiger partial charge in [-0.25, -0.2) is 4.79 Å². The second kappa shape index (κ2) is 4.74. The van der Waals surface area contributed by atoms with Gasteiger partial charge in [-0.2, -0.15) is 0 Å². The Morgan fingerprint density at radius 1 is 1.79 bits per heavy atom. The van der Waals surface area contributed by atoms with Gasteiger partial charge in [0, 0.05) is 4.92 Å². The highest BCUT2D eigenvalue weighted by Gasteiger charge is 2.39. The van der Waals surface area contributed by atoms with E-state index >= 15 is 0 Å². The number of hydrogen-bond donors (Lipinski definition) is 0. The predicted molar refractivity (Wildman–Crippen MR) is 49.3 cm³/mol. The Balaban J connectivity index is 2.68. The number of esters is 1. The number of rotatable bonds is 4. The predicted octanol–water partition coefficient (Wildman–Crippen LogP) is 1.16. The summed E-state index contributed by atoms with van der Waals surface area (Å²) in [5.41, 5.74) is 0. The van der Waals surface area contributed by atoms with Crippen LogP contribution in [0.3, 0.4) is 0 Å². The van der Waals surface area contributed by atoms with Crippen molar-refractivity contribution in [2.75, 3.05) is 6.61 Å². The number of nitro groups is 1. The van der Waals surface area contributed by atoms with Crippen LogP contribution < -0.4 is 0 Å². The second-order valence-electron chi connectivity index (χ2n) is 3.15. The third kappa shape index (κ3) is 2.31. The minimum atomic E-state index is -1.23. The number of ether oxygens (including phenoxy) is 1. The molecule has 1 aliphatic rings. The molecule has 78 valence electrons. The molecule has 14 heavy (non-hydrogen) atoms. The maximum Gasteiger partial charge on any atom is 0.382 e. The van der Waals surface area contributed by atoms with Crippen LogP contribution in [-0.2, 0) is 9.53 Å². The lowest BCUT2D eigenvalue weighted by molar-refractivity contribution is -0.517. The highest BCUT2D eigenvalue weighted by molar-refractivity contribution is 5.75. The van der Waals surface area contributed by atoms with E-state index in [9.17, 15) is 14.9 Å². The molecule has 0 heterocycles. The van der Waals surface area contributed by atoms with Crippen molar-refractivity contribution in [2.45, 2.75) is 25.8 Å². The van der Waals surface area contributed by atoms with Gasteiger partial charge in [-0.15, -0.1) is 0 Å². The minimum Gasteiger partial charge on any atom is -0.461 e. The Bertz CT molecular complexity index is 262. The fourth-order valence-electron chi connectivity index (χ4n) is 1.56. The molecule has 0 aromatic rings. The Kier molecular flexibility index (Phi) is 3.62. The van der Waals surface area contributed by atoms with E-state index in [1.165, 1.54) is 0 Å². The second-order valence-corrected chi connectivity index (χ2v) is 3.15. The molecule has 1 rings (SSSR count). The van der Waals surface area contributed by atoms with Crippen molar-refractivity contribution in [3.63, 3.8) is 0 Å². The lowest BCUT2D eigenvalue weighted by atomic mass is 10.0. The third-order valence-corrected chi connectivity index (χ3v) is 2.21. The minimum absolute atomic E-state index is 0.180. The highest BCUT2D eigenvalue weighted by atomic mass is 16.6. The molecule has 0 saturated carbocycles. The van der Waals surface area contributed by atoms with E-state index in [0.717, 1.165) is 6.42 Å². The molecule has 0 radical (unpaired) electrons. The van der Waals surface area contributed by atoms with Crippen molar-refractivity contribution in [1.82, 2.24) is 0 Å². The fourth-order valence-corrected chi connectivity index (χ4v) is 1.56. The van der Waals surface area contributed by atoms with Crippen molar-refractivity contribution in [1.29, 1.82) is 0 Å². The van der Waals surface area contributed by atoms with Crippen LogP contribution in [0.25, 0.3) is 0 Å². The summed E-state index contributed by atoms with van der Waals surface area (Å²) < 4.78 is 4.66. The average Bonchev–Trinajstić information content (AvgIpc) is 2.57. The standard InChI is InChI=1S/C9H13NO4/c1-2-14-9(11)8(10(12)13)7-5-3-4-6-7/h3,5,7-8H,2,4,6H2,1H3. The number of allylic oxidation sites excluding steroid dienone is 1. The summed E-state index contributed by atoms with van der Waals surface area (Å²) in [6.45, 7) is 1.82. The van der Waals surface area contributed by atoms with Crippen LogP contribution in [0.2, 0.25) is 0 Å². The molecule has 0 bridgehead atoms. The van der Waals surface area contributed by atoms with Gasteiger partial charge in [0.05, 0.1) is 12.5 Å². The molecule has 0 aliphatic heterocycles. The van der Waals surface area contributed by atoms with Gasteiger partial charge in [0.2, 0.25) is 0 Å². The third-order valence-electron chi connectivity index (χ3n) is 2.21. The summed E-state index contributed by atoms with van der Waals surface area (Å²) in [5, 5.41) is 10.7. The summed E-state index contributed by atoms with van der Waals surface area (Å²) >= 11 is 0. The van der Waals surface area contributed by atoms with E-state index < -0.39 is 16.9 Å². The van der Waals surface area contributed by atoms with Crippen LogP contribution in [0.15, 0.2) is 12.2 Å². The number of carbonyl (C=O) groups excluding carboxylic acids is 1. The van der Waals surface area contributed by atoms with Crippen molar-refractivity contribution < 1.29 is 14.5 Å². The molecule has 1 aliphatic carbocycles. The lowest BCUT2D eigenvalue weighted by Gasteiger charge is -2.12. The van der Waals surface area contributed by atoms with Gasteiger partial charge in [0.1, 0.15) is 0 Å². The van der Waals surface area contributed by atoms with Crippen LogP contribution >= 0.6 is 0 Å². The first-order chi connectivity index (χ1) is 6.66. The van der Waals surface area contributed by atoms with Gasteiger partial charge in [0.25, 0.3) is 0 Å². The monoisotopic (exact) mass is 199 g/mol. The lowest BCUT2D eigenvalue weighted by Crippen LogP contribution is -2.37. The van der Waals surface area contributed by atoms with E-state index in [0.29, 0.717) is 6.42 Å². The molecular weight excluding hydrogens is 186 g/mol. The molecule has 5 heteroatoms. The van der Waals surface area contributed by atoms with Crippen molar-refractivity contribution in [3.05, 3.63) is 22.3 Å². The largest absolute Gasteiger partial charge is 0.461 e. The number of hydrogen-bond acceptors (Lipinski definition) is 4. The van der Waals surface area contributed by atoms with Gasteiger partial charge in [-0.05, 0) is 19.8 Å². The first-order valence-corrected chi connectivity index (χ1v) is 4.63. The van der Waals surface area contributed by atoms with E-state index in [2.05, 4.69) is 4.74 Å². The Hall–Kier alpha value is -1.39. The molecule has 0 aromatic heterocycles. The molecule has 0 amide bonds. The SMILES string of the molecule is CCOC(=O)C(C1C=CCC1)[N+](=O)[O-]. The van der Waals surface area contributed by atoms with E-state index in [1.54, 1.807) is 13.0 Å². The van der Waals surface area contributed by atoms with Crippen LogP contribution in [0, 0.1) is 16.0 Å². The molecule has 2 atom stereocenters. The van der Waals surface area contributed by atoms with Crippen molar-refractivity contribution >= 4 is 5.97 Å². The first-order valence-electron chi connectivity index (χ1n) is 4.63. The zero-order chi connectivity index (χ0) is 10.6. The van der Waals surface area contributed by atoms with Gasteiger partial charge >= 0.3 is 12.0 Å². The summed E-state index contributed by atoms with van der Waals surface area (Å²) in [4.78, 5) is 21.4. The van der Waals surface area contributed by atoms with Crippen molar-refractivity contribution in [3.8, 4) is 0 Å². The van der Waals surface area contributed by atoms with E-state index in [1.807, 2.05) is 6.08 Å². The molecule has 0 saturated heterocycles. The quantitative estimate of drug-likeness (QED) is 0.295. The Labute approximate surface area is 81.9 Å². The van der Waals surface area contributed by atoms with Crippen LogP contribution in [0.5, 0.6) is 0 Å². The molecule has 5 nitrogen and oxygen atoms in total. The maximum absolute atomic E-state index is 11.3. The van der Waals surface area contributed by atoms with Gasteiger partial charge in [-0.3, -0.25) is 10.1 Å². The van der Waals surface area contributed by atoms with E-state index in [-0.39, 0.29) is 12.5 Å². The zero-order valence-corrected chi connectivity index (χ0v) is 8.01. The maximum atomic E-state index is 11.3. The van der Waals surface area contributed by atoms with Gasteiger partial charge in [-0.1, -0.05) is 12.2 Å². The number of carbonyl (C=O) groups is 1. The van der Waals surface area contributed by atoms with Crippen LogP contribution in [0.1, 0.15) is 19.8 Å². The first kappa shape index (κ1) is 10.7. The molecule has 2 unspecified atom stereocenters. The molecule has 0 fully saturated rings. The zero-order valence-electron chi connectivity index (χ0n) is 8.01. The number of nitrogens with zero attached hydrogens (tertiary/aromatic N) is 1. The Morgan fingerprint density at radius 3 is 2.93 bits per heavy atom. The summed E-state index contributed by atoms with van der Waals surface area (Å²) in [6.07, 6.45) is 5.05. The molecule has 0 spiro atoms. The summed E-state index contributed by atoms with van der Waals surface area (Å²) in [7, 11) is 0. The van der Waals surface area contributed by atoms with Gasteiger partial charge in [0.15, 0.2) is 0 Å². The normalized spacial score (nSPS) is 21.9. The average molecular weight is 199 g/mol. The summed E-state index contributed by atoms with van der Waals surface area (Å²) in [6, 6.07) is -1.23. The van der Waals surface area contributed by atoms with E-state index in [4.69, 9.17) is 0 Å². The fraction of sp³-hybridized carbons (Fsp3) is 0.667. The van der Waals surface area contributed by atoms with Crippen molar-refractivity contribution in [2.24, 2.45) is 5.92 Å². The molecule has 0 N–H and O–H groups in total. The van der Waals surface area contributed by atoms with Crippen LogP contribution in [-0.4, -0.2) is 23.5 Å². The molecular formula is C9H13NO4. The van der Waals surface area contributed by atoms with Crippen LogP contribution in [0.4, 0.5) is 0 Å².